The predicted octanol–water partition coefficient (Wildman–Crippen LogP) is 3.23. The van der Waals surface area contributed by atoms with Crippen molar-refractivity contribution in [1.82, 2.24) is 14.9 Å². The van der Waals surface area contributed by atoms with Gasteiger partial charge in [-0.1, -0.05) is 11.6 Å². The first-order chi connectivity index (χ1) is 16.9. The number of hydrogen-bond acceptors (Lipinski definition) is 5. The van der Waals surface area contributed by atoms with Crippen LogP contribution in [0.5, 0.6) is 0 Å². The molecule has 3 atom stereocenters. The number of amides is 2. The zero-order valence-corrected chi connectivity index (χ0v) is 20.5. The summed E-state index contributed by atoms with van der Waals surface area (Å²) >= 11 is 5.80. The fourth-order valence-electron chi connectivity index (χ4n) is 5.50. The van der Waals surface area contributed by atoms with E-state index >= 15 is 0 Å². The lowest BCUT2D eigenvalue weighted by Crippen LogP contribution is -2.58. The number of fused-ring (bicyclic) bond motifs is 1. The van der Waals surface area contributed by atoms with E-state index < -0.39 is 41.8 Å². The van der Waals surface area contributed by atoms with Crippen LogP contribution in [0.1, 0.15) is 54.7 Å². The van der Waals surface area contributed by atoms with Crippen LogP contribution in [0.4, 0.5) is 18.9 Å². The highest BCUT2D eigenvalue weighted by Crippen LogP contribution is 2.57. The Labute approximate surface area is 210 Å². The van der Waals surface area contributed by atoms with Gasteiger partial charge in [-0.3, -0.25) is 9.59 Å². The summed E-state index contributed by atoms with van der Waals surface area (Å²) in [6, 6.07) is 2.95. The number of hydrogen-bond donors (Lipinski definition) is 4. The van der Waals surface area contributed by atoms with Crippen LogP contribution in [0.25, 0.3) is 0 Å². The van der Waals surface area contributed by atoms with E-state index in [1.54, 1.807) is 11.6 Å². The summed E-state index contributed by atoms with van der Waals surface area (Å²) in [7, 11) is 1.66. The van der Waals surface area contributed by atoms with Gasteiger partial charge >= 0.3 is 5.92 Å². The molecule has 0 spiro atoms. The number of carbonyl (C=O) groups is 2. The molecule has 2 fully saturated rings. The Hall–Kier alpha value is -2.63. The van der Waals surface area contributed by atoms with E-state index in [1.807, 2.05) is 5.32 Å². The van der Waals surface area contributed by atoms with Gasteiger partial charge < -0.3 is 25.4 Å². The maximum atomic E-state index is 14.9. The molecule has 0 aliphatic heterocycles. The summed E-state index contributed by atoms with van der Waals surface area (Å²) in [5.41, 5.74) is -1.37. The third-order valence-corrected chi connectivity index (χ3v) is 7.60. The van der Waals surface area contributed by atoms with Gasteiger partial charge in [0, 0.05) is 24.7 Å². The number of aromatic nitrogens is 2. The lowest BCUT2D eigenvalue weighted by Gasteiger charge is -2.33. The van der Waals surface area contributed by atoms with Crippen molar-refractivity contribution in [3.05, 3.63) is 46.8 Å². The van der Waals surface area contributed by atoms with E-state index in [-0.39, 0.29) is 35.6 Å². The fraction of sp³-hybridized carbons (Fsp3) is 0.542. The highest BCUT2D eigenvalue weighted by atomic mass is 35.5. The van der Waals surface area contributed by atoms with E-state index in [2.05, 4.69) is 10.3 Å². The molecule has 2 amide bonds. The van der Waals surface area contributed by atoms with Crippen LogP contribution < -0.4 is 10.6 Å². The van der Waals surface area contributed by atoms with E-state index in [4.69, 9.17) is 16.7 Å². The zero-order valence-electron chi connectivity index (χ0n) is 19.8. The molecule has 1 aromatic carbocycles. The first-order valence-corrected chi connectivity index (χ1v) is 12.0. The fourth-order valence-corrected chi connectivity index (χ4v) is 5.68. The first-order valence-electron chi connectivity index (χ1n) is 11.7. The van der Waals surface area contributed by atoms with Crippen molar-refractivity contribution < 1.29 is 33.0 Å². The van der Waals surface area contributed by atoms with Gasteiger partial charge in [-0.2, -0.15) is 8.78 Å². The third kappa shape index (κ3) is 4.71. The van der Waals surface area contributed by atoms with Crippen LogP contribution in [0, 0.1) is 17.7 Å². The lowest BCUT2D eigenvalue weighted by atomic mass is 9.87. The van der Waals surface area contributed by atoms with Crippen LogP contribution in [0.3, 0.4) is 0 Å². The number of alkyl halides is 2. The maximum absolute atomic E-state index is 14.9. The van der Waals surface area contributed by atoms with Gasteiger partial charge in [0.15, 0.2) is 0 Å². The van der Waals surface area contributed by atoms with Crippen molar-refractivity contribution in [1.29, 1.82) is 0 Å². The summed E-state index contributed by atoms with van der Waals surface area (Å²) < 4.78 is 44.8. The van der Waals surface area contributed by atoms with E-state index in [1.165, 1.54) is 25.4 Å². The Bertz CT molecular complexity index is 1160. The number of carbonyl (C=O) groups excluding carboxylic acids is 2. The van der Waals surface area contributed by atoms with Gasteiger partial charge in [0.2, 0.25) is 0 Å². The zero-order chi connectivity index (χ0) is 26.4. The minimum absolute atomic E-state index is 0.134. The summed E-state index contributed by atoms with van der Waals surface area (Å²) in [4.78, 5) is 29.5. The normalized spacial score (nSPS) is 26.5. The molecule has 2 aliphatic carbocycles. The Kier molecular flexibility index (Phi) is 7.11. The van der Waals surface area contributed by atoms with Gasteiger partial charge in [-0.15, -0.1) is 0 Å². The van der Waals surface area contributed by atoms with E-state index in [0.717, 1.165) is 6.07 Å². The molecule has 2 saturated carbocycles. The van der Waals surface area contributed by atoms with Gasteiger partial charge in [-0.05, 0) is 62.6 Å². The number of nitrogens with zero attached hydrogens (tertiary/aromatic N) is 2. The molecule has 4 rings (SSSR count). The molecule has 0 saturated heterocycles. The highest BCUT2D eigenvalue weighted by molar-refractivity contribution is 6.31. The Balaban J connectivity index is 1.47. The summed E-state index contributed by atoms with van der Waals surface area (Å²) in [6.45, 7) is 0.888. The second kappa shape index (κ2) is 9.68. The average Bonchev–Trinajstić information content (AvgIpc) is 3.47. The highest BCUT2D eigenvalue weighted by Gasteiger charge is 2.64. The van der Waals surface area contributed by atoms with Crippen LogP contribution in [0.15, 0.2) is 24.5 Å². The molecule has 1 heterocycles. The standard InChI is InChI=1S/C24H28ClF3N4O4/c1-12(10-33)30-22(35)24(27,28)23(36)8-14-5-13(6-15(14)9-23)19-20(32(2)11-29-19)21(34)31-16-3-4-18(26)17(25)7-16/h3-4,7,11-15,33,36H,5-6,8-10H2,1-2H3,(H,30,35)(H,31,34)/t12-,13?,14?,15?,23?/m0/s1. The van der Waals surface area contributed by atoms with Crippen LogP contribution in [-0.4, -0.2) is 55.8 Å². The molecule has 196 valence electrons. The molecule has 0 bridgehead atoms. The van der Waals surface area contributed by atoms with Crippen molar-refractivity contribution in [2.24, 2.45) is 18.9 Å². The Morgan fingerprint density at radius 3 is 2.53 bits per heavy atom. The summed E-state index contributed by atoms with van der Waals surface area (Å²) in [5, 5.41) is 24.4. The van der Waals surface area contributed by atoms with Crippen LogP contribution >= 0.6 is 11.6 Å². The second-order valence-electron chi connectivity index (χ2n) is 9.93. The maximum Gasteiger partial charge on any atom is 0.352 e. The number of aryl methyl sites for hydroxylation is 1. The number of aliphatic hydroxyl groups excluding tert-OH is 1. The molecular formula is C24H28ClF3N4O4. The van der Waals surface area contributed by atoms with Crippen molar-refractivity contribution in [2.75, 3.05) is 11.9 Å². The molecule has 4 N–H and O–H groups in total. The summed E-state index contributed by atoms with van der Waals surface area (Å²) in [5.74, 6) is -7.44. The second-order valence-corrected chi connectivity index (χ2v) is 10.3. The van der Waals surface area contributed by atoms with Crippen molar-refractivity contribution in [3.8, 4) is 0 Å². The van der Waals surface area contributed by atoms with Gasteiger partial charge in [-0.25, -0.2) is 9.37 Å². The SMILES string of the molecule is C[C@@H](CO)NC(=O)C(F)(F)C1(O)CC2CC(c3ncn(C)c3C(=O)Nc3ccc(F)c(Cl)c3)CC2C1. The number of anilines is 1. The van der Waals surface area contributed by atoms with E-state index in [0.29, 0.717) is 29.9 Å². The van der Waals surface area contributed by atoms with Gasteiger partial charge in [0.05, 0.1) is 23.7 Å². The molecule has 2 aromatic rings. The van der Waals surface area contributed by atoms with Crippen molar-refractivity contribution in [3.63, 3.8) is 0 Å². The average molecular weight is 529 g/mol. The smallest absolute Gasteiger partial charge is 0.352 e. The number of rotatable bonds is 7. The number of imidazole rings is 1. The number of nitrogens with one attached hydrogen (secondary N) is 2. The molecule has 0 radical (unpaired) electrons. The molecular weight excluding hydrogens is 501 g/mol. The molecule has 1 aromatic heterocycles. The number of aliphatic hydroxyl groups is 2. The van der Waals surface area contributed by atoms with E-state index in [9.17, 15) is 27.9 Å². The van der Waals surface area contributed by atoms with Crippen molar-refractivity contribution in [2.45, 2.75) is 56.1 Å². The molecule has 36 heavy (non-hydrogen) atoms. The first kappa shape index (κ1) is 26.4. The lowest BCUT2D eigenvalue weighted by molar-refractivity contribution is -0.193. The van der Waals surface area contributed by atoms with Gasteiger partial charge in [0.25, 0.3) is 11.8 Å². The Morgan fingerprint density at radius 1 is 1.31 bits per heavy atom. The predicted molar refractivity (Wildman–Crippen MR) is 125 cm³/mol. The van der Waals surface area contributed by atoms with Crippen molar-refractivity contribution >= 4 is 29.1 Å². The topological polar surface area (TPSA) is 116 Å². The minimum atomic E-state index is -4.01. The molecule has 12 heteroatoms. The minimum Gasteiger partial charge on any atom is -0.394 e. The van der Waals surface area contributed by atoms with Crippen LogP contribution in [-0.2, 0) is 11.8 Å². The largest absolute Gasteiger partial charge is 0.394 e. The third-order valence-electron chi connectivity index (χ3n) is 7.31. The molecule has 2 unspecified atom stereocenters. The quantitative estimate of drug-likeness (QED) is 0.440. The number of halogens is 4. The molecule has 2 aliphatic rings. The summed E-state index contributed by atoms with van der Waals surface area (Å²) in [6.07, 6.45) is 1.83. The monoisotopic (exact) mass is 528 g/mol. The molecule has 8 nitrogen and oxygen atoms in total. The number of benzene rings is 1. The Morgan fingerprint density at radius 2 is 1.94 bits per heavy atom. The van der Waals surface area contributed by atoms with Crippen LogP contribution in [0.2, 0.25) is 5.02 Å². The van der Waals surface area contributed by atoms with Gasteiger partial charge in [0.1, 0.15) is 17.1 Å².